The highest BCUT2D eigenvalue weighted by Crippen LogP contribution is 2.27. The molecule has 4 rings (SSSR count). The molecule has 0 saturated carbocycles. The first-order valence-electron chi connectivity index (χ1n) is 8.45. The van der Waals surface area contributed by atoms with Gasteiger partial charge in [0, 0.05) is 12.4 Å². The molecule has 2 aromatic heterocycles. The number of rotatable bonds is 5. The third-order valence-electron chi connectivity index (χ3n) is 4.06. The first kappa shape index (κ1) is 17.7. The van der Waals surface area contributed by atoms with E-state index in [-0.39, 0.29) is 12.2 Å². The number of fused-ring (bicyclic) bond motifs is 1. The van der Waals surface area contributed by atoms with E-state index in [1.165, 1.54) is 53.0 Å². The largest absolute Gasteiger partial charge is 0.452 e. The molecule has 4 aromatic rings. The van der Waals surface area contributed by atoms with Crippen LogP contribution >= 0.6 is 0 Å². The summed E-state index contributed by atoms with van der Waals surface area (Å²) in [5, 5.41) is 4.17. The standard InChI is InChI=1S/C20H14F2N4O2/c21-15-6-2-13(3-7-15)19(14-4-8-16(22)9-5-14)28-18(27)12-17-24-20-23-10-1-11-26(20)25-17/h1-11,19H,12H2. The van der Waals surface area contributed by atoms with Crippen molar-refractivity contribution in [1.29, 1.82) is 0 Å². The Morgan fingerprint density at radius 2 is 1.61 bits per heavy atom. The lowest BCUT2D eigenvalue weighted by atomic mass is 10.0. The highest BCUT2D eigenvalue weighted by Gasteiger charge is 2.21. The summed E-state index contributed by atoms with van der Waals surface area (Å²) in [4.78, 5) is 20.7. The number of halogens is 2. The number of hydrogen-bond donors (Lipinski definition) is 0. The second-order valence-corrected chi connectivity index (χ2v) is 6.04. The molecule has 0 aliphatic rings. The molecule has 0 aliphatic heterocycles. The summed E-state index contributed by atoms with van der Waals surface area (Å²) < 4.78 is 33.6. The van der Waals surface area contributed by atoms with E-state index in [2.05, 4.69) is 15.1 Å². The Bertz CT molecular complexity index is 1030. The van der Waals surface area contributed by atoms with Gasteiger partial charge in [0.2, 0.25) is 0 Å². The van der Waals surface area contributed by atoms with Crippen LogP contribution in [0.2, 0.25) is 0 Å². The zero-order valence-electron chi connectivity index (χ0n) is 14.5. The Kier molecular flexibility index (Phi) is 4.76. The predicted molar refractivity (Wildman–Crippen MR) is 95.2 cm³/mol. The number of ether oxygens (including phenoxy) is 1. The van der Waals surface area contributed by atoms with Crippen LogP contribution in [0.25, 0.3) is 5.78 Å². The first-order chi connectivity index (χ1) is 13.6. The van der Waals surface area contributed by atoms with Crippen LogP contribution in [0.15, 0.2) is 67.0 Å². The predicted octanol–water partition coefficient (Wildman–Crippen LogP) is 3.28. The van der Waals surface area contributed by atoms with Crippen molar-refractivity contribution < 1.29 is 18.3 Å². The summed E-state index contributed by atoms with van der Waals surface area (Å²) in [6.45, 7) is 0. The maximum atomic E-state index is 13.3. The summed E-state index contributed by atoms with van der Waals surface area (Å²) in [5.74, 6) is -0.752. The van der Waals surface area contributed by atoms with Gasteiger partial charge >= 0.3 is 5.97 Å². The molecule has 0 aliphatic carbocycles. The third-order valence-corrected chi connectivity index (χ3v) is 4.06. The maximum Gasteiger partial charge on any atom is 0.314 e. The average molecular weight is 380 g/mol. The van der Waals surface area contributed by atoms with Gasteiger partial charge in [-0.3, -0.25) is 4.79 Å². The van der Waals surface area contributed by atoms with E-state index in [1.54, 1.807) is 18.5 Å². The molecular formula is C20H14F2N4O2. The van der Waals surface area contributed by atoms with Gasteiger partial charge in [0.15, 0.2) is 11.9 Å². The molecule has 0 atom stereocenters. The third kappa shape index (κ3) is 3.85. The van der Waals surface area contributed by atoms with Crippen LogP contribution in [0.5, 0.6) is 0 Å². The lowest BCUT2D eigenvalue weighted by Crippen LogP contribution is -2.15. The molecule has 8 heteroatoms. The Morgan fingerprint density at radius 3 is 2.18 bits per heavy atom. The minimum atomic E-state index is -0.816. The smallest absolute Gasteiger partial charge is 0.314 e. The Balaban J connectivity index is 1.58. The minimum Gasteiger partial charge on any atom is -0.452 e. The SMILES string of the molecule is O=C(Cc1nc2ncccn2n1)OC(c1ccc(F)cc1)c1ccc(F)cc1. The van der Waals surface area contributed by atoms with Crippen molar-refractivity contribution in [2.24, 2.45) is 0 Å². The molecule has 2 heterocycles. The zero-order chi connectivity index (χ0) is 19.5. The van der Waals surface area contributed by atoms with Crippen molar-refractivity contribution in [3.05, 3.63) is 95.6 Å². The van der Waals surface area contributed by atoms with Crippen molar-refractivity contribution in [1.82, 2.24) is 19.6 Å². The molecule has 0 radical (unpaired) electrons. The van der Waals surface area contributed by atoms with Gasteiger partial charge in [-0.1, -0.05) is 24.3 Å². The zero-order valence-corrected chi connectivity index (χ0v) is 14.5. The van der Waals surface area contributed by atoms with Crippen LogP contribution in [0.4, 0.5) is 8.78 Å². The molecule has 0 amide bonds. The molecule has 0 fully saturated rings. The lowest BCUT2D eigenvalue weighted by Gasteiger charge is -2.18. The molecule has 0 saturated heterocycles. The minimum absolute atomic E-state index is 0.164. The normalized spacial score (nSPS) is 11.1. The molecule has 0 spiro atoms. The van der Waals surface area contributed by atoms with E-state index in [9.17, 15) is 13.6 Å². The number of carbonyl (C=O) groups is 1. The van der Waals surface area contributed by atoms with Crippen molar-refractivity contribution in [3.8, 4) is 0 Å². The topological polar surface area (TPSA) is 69.4 Å². The van der Waals surface area contributed by atoms with Crippen LogP contribution in [0, 0.1) is 11.6 Å². The van der Waals surface area contributed by atoms with Gasteiger partial charge in [-0.25, -0.2) is 18.3 Å². The van der Waals surface area contributed by atoms with Gasteiger partial charge in [0.1, 0.15) is 18.1 Å². The Morgan fingerprint density at radius 1 is 1.00 bits per heavy atom. The number of carbonyl (C=O) groups excluding carboxylic acids is 1. The van der Waals surface area contributed by atoms with Crippen LogP contribution in [-0.4, -0.2) is 25.6 Å². The molecule has 6 nitrogen and oxygen atoms in total. The number of aromatic nitrogens is 4. The monoisotopic (exact) mass is 380 g/mol. The van der Waals surface area contributed by atoms with E-state index in [1.807, 2.05) is 0 Å². The van der Waals surface area contributed by atoms with Crippen molar-refractivity contribution in [3.63, 3.8) is 0 Å². The van der Waals surface area contributed by atoms with Gasteiger partial charge in [0.25, 0.3) is 5.78 Å². The fourth-order valence-electron chi connectivity index (χ4n) is 2.76. The molecule has 0 bridgehead atoms. The van der Waals surface area contributed by atoms with Gasteiger partial charge in [-0.05, 0) is 41.5 Å². The quantitative estimate of drug-likeness (QED) is 0.497. The number of esters is 1. The van der Waals surface area contributed by atoms with Crippen LogP contribution in [-0.2, 0) is 16.0 Å². The Labute approximate surface area is 158 Å². The van der Waals surface area contributed by atoms with Gasteiger partial charge in [-0.2, -0.15) is 4.98 Å². The summed E-state index contributed by atoms with van der Waals surface area (Å²) in [6, 6.07) is 12.9. The van der Waals surface area contributed by atoms with Crippen molar-refractivity contribution >= 4 is 11.7 Å². The van der Waals surface area contributed by atoms with Gasteiger partial charge in [0.05, 0.1) is 0 Å². The van der Waals surface area contributed by atoms with E-state index in [0.29, 0.717) is 16.9 Å². The first-order valence-corrected chi connectivity index (χ1v) is 8.45. The molecule has 0 N–H and O–H groups in total. The number of hydrogen-bond acceptors (Lipinski definition) is 5. The summed E-state index contributed by atoms with van der Waals surface area (Å²) in [5.41, 5.74) is 1.12. The van der Waals surface area contributed by atoms with Crippen LogP contribution < -0.4 is 0 Å². The van der Waals surface area contributed by atoms with E-state index >= 15 is 0 Å². The van der Waals surface area contributed by atoms with Crippen molar-refractivity contribution in [2.45, 2.75) is 12.5 Å². The van der Waals surface area contributed by atoms with Crippen LogP contribution in [0.3, 0.4) is 0 Å². The van der Waals surface area contributed by atoms with E-state index < -0.39 is 23.7 Å². The molecule has 2 aromatic carbocycles. The van der Waals surface area contributed by atoms with E-state index in [4.69, 9.17) is 4.74 Å². The highest BCUT2D eigenvalue weighted by molar-refractivity contribution is 5.72. The summed E-state index contributed by atoms with van der Waals surface area (Å²) in [6.07, 6.45) is 2.26. The molecule has 0 unspecified atom stereocenters. The van der Waals surface area contributed by atoms with Gasteiger partial charge in [-0.15, -0.1) is 5.10 Å². The average Bonchev–Trinajstić information content (AvgIpc) is 3.10. The summed E-state index contributed by atoms with van der Waals surface area (Å²) in [7, 11) is 0. The van der Waals surface area contributed by atoms with Crippen LogP contribution in [0.1, 0.15) is 23.1 Å². The fourth-order valence-corrected chi connectivity index (χ4v) is 2.76. The summed E-state index contributed by atoms with van der Waals surface area (Å²) >= 11 is 0. The molecule has 28 heavy (non-hydrogen) atoms. The Hall–Kier alpha value is -3.68. The molecule has 140 valence electrons. The second kappa shape index (κ2) is 7.51. The van der Waals surface area contributed by atoms with E-state index in [0.717, 1.165) is 0 Å². The highest BCUT2D eigenvalue weighted by atomic mass is 19.1. The lowest BCUT2D eigenvalue weighted by molar-refractivity contribution is -0.146. The number of nitrogens with zero attached hydrogens (tertiary/aromatic N) is 4. The number of benzene rings is 2. The maximum absolute atomic E-state index is 13.3. The molecular weight excluding hydrogens is 366 g/mol. The second-order valence-electron chi connectivity index (χ2n) is 6.04. The van der Waals surface area contributed by atoms with Gasteiger partial charge < -0.3 is 4.74 Å². The van der Waals surface area contributed by atoms with Crippen molar-refractivity contribution in [2.75, 3.05) is 0 Å². The fraction of sp³-hybridized carbons (Fsp3) is 0.100.